The highest BCUT2D eigenvalue weighted by atomic mass is 28.3. The fraction of sp³-hybridized carbons (Fsp3) is 0.529. The van der Waals surface area contributed by atoms with Crippen molar-refractivity contribution in [1.29, 1.82) is 0 Å². The van der Waals surface area contributed by atoms with Crippen LogP contribution in [0.4, 0.5) is 8.78 Å². The first-order valence-corrected chi connectivity index (χ1v) is 17.2. The van der Waals surface area contributed by atoms with Crippen LogP contribution < -0.4 is 10.4 Å². The van der Waals surface area contributed by atoms with Crippen LogP contribution >= 0.6 is 0 Å². The average Bonchev–Trinajstić information content (AvgIpc) is 3.13. The highest BCUT2D eigenvalue weighted by Crippen LogP contribution is 2.36. The van der Waals surface area contributed by atoms with Crippen LogP contribution in [0.15, 0.2) is 60.2 Å². The van der Waals surface area contributed by atoms with Gasteiger partial charge in [0.15, 0.2) is 0 Å². The largest absolute Gasteiger partial charge is 0.212 e. The molecule has 0 spiro atoms. The Hall–Kier alpha value is -2.00. The first-order valence-electron chi connectivity index (χ1n) is 14.8. The van der Waals surface area contributed by atoms with Gasteiger partial charge in [-0.05, 0) is 86.0 Å². The van der Waals surface area contributed by atoms with Crippen LogP contribution in [0.5, 0.6) is 0 Å². The summed E-state index contributed by atoms with van der Waals surface area (Å²) in [4.78, 5) is 0. The number of benzene rings is 2. The van der Waals surface area contributed by atoms with Gasteiger partial charge >= 0.3 is 0 Å². The smallest absolute Gasteiger partial charge is 0.120 e. The van der Waals surface area contributed by atoms with Crippen molar-refractivity contribution in [3.63, 3.8) is 0 Å². The molecular formula is C34H48F2Si. The van der Waals surface area contributed by atoms with Crippen molar-refractivity contribution in [2.45, 2.75) is 117 Å². The monoisotopic (exact) mass is 522 g/mol. The summed E-state index contributed by atoms with van der Waals surface area (Å²) in [5, 5.41) is 2.95. The second kappa shape index (κ2) is 14.8. The number of hydrogen-bond acceptors (Lipinski definition) is 0. The molecule has 0 amide bonds. The van der Waals surface area contributed by atoms with Crippen molar-refractivity contribution >= 4 is 18.4 Å². The van der Waals surface area contributed by atoms with Crippen LogP contribution in [0.3, 0.4) is 0 Å². The van der Waals surface area contributed by atoms with Gasteiger partial charge in [-0.3, -0.25) is 0 Å². The second-order valence-corrected chi connectivity index (χ2v) is 15.4. The highest BCUT2D eigenvalue weighted by Gasteiger charge is 2.44. The van der Waals surface area contributed by atoms with E-state index in [1.54, 1.807) is 0 Å². The van der Waals surface area contributed by atoms with Gasteiger partial charge in [0, 0.05) is 0 Å². The zero-order valence-electron chi connectivity index (χ0n) is 23.8. The Morgan fingerprint density at radius 1 is 0.649 bits per heavy atom. The molecule has 37 heavy (non-hydrogen) atoms. The van der Waals surface area contributed by atoms with Crippen LogP contribution in [-0.2, 0) is 0 Å². The number of fused-ring (bicyclic) bond motifs is 3. The predicted molar refractivity (Wildman–Crippen MR) is 161 cm³/mol. The lowest BCUT2D eigenvalue weighted by atomic mass is 10.0. The Morgan fingerprint density at radius 3 is 1.49 bits per heavy atom. The topological polar surface area (TPSA) is 0 Å². The molecule has 0 aliphatic carbocycles. The molecule has 0 atom stereocenters. The number of hydrogen-bond donors (Lipinski definition) is 0. The molecular weight excluding hydrogens is 474 g/mol. The van der Waals surface area contributed by atoms with E-state index >= 15 is 0 Å². The molecule has 0 fully saturated rings. The number of rotatable bonds is 16. The third-order valence-corrected chi connectivity index (χ3v) is 13.3. The maximum absolute atomic E-state index is 14.7. The molecule has 3 rings (SSSR count). The molecule has 1 heterocycles. The Morgan fingerprint density at radius 2 is 1.08 bits per heavy atom. The van der Waals surface area contributed by atoms with E-state index in [0.717, 1.165) is 50.6 Å². The average molecular weight is 523 g/mol. The van der Waals surface area contributed by atoms with Gasteiger partial charge in [-0.2, -0.15) is 0 Å². The summed E-state index contributed by atoms with van der Waals surface area (Å²) >= 11 is 0. The summed E-state index contributed by atoms with van der Waals surface area (Å²) in [5.74, 6) is 0.0930. The molecule has 0 N–H and O–H groups in total. The summed E-state index contributed by atoms with van der Waals surface area (Å²) in [6.07, 6.45) is 15.1. The van der Waals surface area contributed by atoms with Crippen molar-refractivity contribution in [2.24, 2.45) is 0 Å². The van der Waals surface area contributed by atoms with Crippen LogP contribution in [0.2, 0.25) is 12.1 Å². The summed E-state index contributed by atoms with van der Waals surface area (Å²) in [7, 11) is -2.18. The molecule has 202 valence electrons. The molecule has 2 aromatic rings. The van der Waals surface area contributed by atoms with Gasteiger partial charge in [-0.25, -0.2) is 8.78 Å². The van der Waals surface area contributed by atoms with Gasteiger partial charge in [-0.15, -0.1) is 0 Å². The Kier molecular flexibility index (Phi) is 11.8. The van der Waals surface area contributed by atoms with Gasteiger partial charge in [-0.1, -0.05) is 112 Å². The van der Waals surface area contributed by atoms with E-state index in [1.807, 2.05) is 12.2 Å². The van der Waals surface area contributed by atoms with E-state index in [0.29, 0.717) is 12.8 Å². The lowest BCUT2D eigenvalue weighted by Gasteiger charge is -2.30. The molecule has 0 aromatic heterocycles. The van der Waals surface area contributed by atoms with Crippen molar-refractivity contribution in [1.82, 2.24) is 0 Å². The molecule has 3 heteroatoms. The fourth-order valence-corrected chi connectivity index (χ4v) is 11.3. The molecule has 1 aliphatic rings. The SMILES string of the molecule is CCCCCC/C(F)=C/CC[Si]1(CC/C=C(\F)CCCCCC)c2cc(C)ccc2-c2ccc(C)cc21. The number of halogens is 2. The maximum atomic E-state index is 14.7. The van der Waals surface area contributed by atoms with Crippen molar-refractivity contribution < 1.29 is 8.78 Å². The van der Waals surface area contributed by atoms with E-state index in [-0.39, 0.29) is 11.7 Å². The zero-order chi connectivity index (χ0) is 26.7. The third-order valence-electron chi connectivity index (χ3n) is 8.08. The molecule has 0 unspecified atom stereocenters. The minimum Gasteiger partial charge on any atom is -0.212 e. The molecule has 0 bridgehead atoms. The van der Waals surface area contributed by atoms with Crippen LogP contribution in [-0.4, -0.2) is 8.07 Å². The second-order valence-electron chi connectivity index (χ2n) is 11.2. The quantitative estimate of drug-likeness (QED) is 0.152. The van der Waals surface area contributed by atoms with Crippen molar-refractivity contribution in [2.75, 3.05) is 0 Å². The summed E-state index contributed by atoms with van der Waals surface area (Å²) in [5.41, 5.74) is 5.24. The lowest BCUT2D eigenvalue weighted by Crippen LogP contribution is -2.55. The number of allylic oxidation sites excluding steroid dienone is 4. The fourth-order valence-electron chi connectivity index (χ4n) is 5.98. The first kappa shape index (κ1) is 29.6. The molecule has 2 aromatic carbocycles. The lowest BCUT2D eigenvalue weighted by molar-refractivity contribution is 0.548. The van der Waals surface area contributed by atoms with E-state index in [9.17, 15) is 8.78 Å². The minimum atomic E-state index is -2.18. The van der Waals surface area contributed by atoms with Crippen LogP contribution in [0, 0.1) is 13.8 Å². The summed E-state index contributed by atoms with van der Waals surface area (Å²) in [6.45, 7) is 8.70. The minimum absolute atomic E-state index is 0.0465. The van der Waals surface area contributed by atoms with Gasteiger partial charge in [0.05, 0.1) is 11.7 Å². The summed E-state index contributed by atoms with van der Waals surface area (Å²) < 4.78 is 29.4. The van der Waals surface area contributed by atoms with E-state index in [2.05, 4.69) is 64.1 Å². The number of unbranched alkanes of at least 4 members (excludes halogenated alkanes) is 6. The van der Waals surface area contributed by atoms with Gasteiger partial charge in [0.1, 0.15) is 8.07 Å². The summed E-state index contributed by atoms with van der Waals surface area (Å²) in [6, 6.07) is 15.7. The van der Waals surface area contributed by atoms with Gasteiger partial charge in [0.25, 0.3) is 0 Å². The van der Waals surface area contributed by atoms with Gasteiger partial charge in [0.2, 0.25) is 0 Å². The van der Waals surface area contributed by atoms with E-state index < -0.39 is 8.07 Å². The van der Waals surface area contributed by atoms with E-state index in [4.69, 9.17) is 0 Å². The van der Waals surface area contributed by atoms with Crippen molar-refractivity contribution in [3.8, 4) is 11.1 Å². The predicted octanol–water partition coefficient (Wildman–Crippen LogP) is 10.3. The molecule has 0 saturated heterocycles. The van der Waals surface area contributed by atoms with Crippen molar-refractivity contribution in [3.05, 3.63) is 71.3 Å². The normalized spacial score (nSPS) is 14.6. The Labute approximate surface area is 226 Å². The first-order chi connectivity index (χ1) is 17.9. The van der Waals surface area contributed by atoms with Crippen LogP contribution in [0.1, 0.15) is 102 Å². The zero-order valence-corrected chi connectivity index (χ0v) is 24.8. The van der Waals surface area contributed by atoms with Gasteiger partial charge < -0.3 is 0 Å². The maximum Gasteiger partial charge on any atom is 0.120 e. The molecule has 0 radical (unpaired) electrons. The third kappa shape index (κ3) is 7.99. The molecule has 0 nitrogen and oxygen atoms in total. The van der Waals surface area contributed by atoms with E-state index in [1.165, 1.54) is 58.3 Å². The molecule has 0 saturated carbocycles. The molecule has 1 aliphatic heterocycles. The van der Waals surface area contributed by atoms with Crippen LogP contribution in [0.25, 0.3) is 11.1 Å². The Bertz CT molecular complexity index is 980. The highest BCUT2D eigenvalue weighted by molar-refractivity contribution is 7.05. The Balaban J connectivity index is 1.86. The number of aryl methyl sites for hydroxylation is 2. The standard InChI is InChI=1S/C34H48F2Si/c1-5-7-9-11-15-29(35)17-13-23-37(24-14-18-30(36)16-12-10-8-6-2)33-25-27(3)19-21-31(33)32-22-20-28(4)26-34(32)37/h17-22,25-26H,5-16,23-24H2,1-4H3/b29-17-,30-18-.